The van der Waals surface area contributed by atoms with Gasteiger partial charge >= 0.3 is 273 Å². The molecule has 4 aliphatic carbocycles. The molecule has 14 aliphatic rings. The first-order valence-corrected chi connectivity index (χ1v) is 27.2. The van der Waals surface area contributed by atoms with Crippen LogP contribution in [0.3, 0.4) is 0 Å². The van der Waals surface area contributed by atoms with Gasteiger partial charge in [-0.15, -0.1) is 0 Å². The molecule has 4 bridgehead atoms. The third-order valence-corrected chi connectivity index (χ3v) is 74.5. The van der Waals surface area contributed by atoms with Crippen molar-refractivity contribution in [3.05, 3.63) is 84.5 Å². The van der Waals surface area contributed by atoms with Crippen molar-refractivity contribution in [2.45, 2.75) is 116 Å². The molecule has 14 fully saturated rings. The molecule has 1 aromatic carbocycles. The molecule has 3 aromatic rings. The quantitative estimate of drug-likeness (QED) is 0.182. The molecule has 7 unspecified atom stereocenters. The first-order valence-electron chi connectivity index (χ1n) is 18.9. The summed E-state index contributed by atoms with van der Waals surface area (Å²) in [6.45, 7) is 3.66. The standard InChI is InChI=1S/C35H41N4P2.C5H5.Fe/c1-34(2,3)41(33-27-14-23-13-24(16-27)17-28(33)15-23)22-29-18-26(25-7-5-4-6-8-25)19-30(29)35(40,31-20-36-9-11-38-31)32-21-37-10-12-39-32;1-2-4-5-3-1;/h4-12,18-21,23-24,27-28,33H,13-17,22,40H2,1-3H3;1-5H;. The predicted octanol–water partition coefficient (Wildman–Crippen LogP) is 9.73. The third-order valence-electron chi connectivity index (χ3n) is 24.8. The van der Waals surface area contributed by atoms with Gasteiger partial charge in [-0.2, -0.15) is 0 Å². The maximum atomic E-state index is 5.30. The number of benzene rings is 1. The van der Waals surface area contributed by atoms with Crippen molar-refractivity contribution in [2.24, 2.45) is 23.7 Å². The van der Waals surface area contributed by atoms with Gasteiger partial charge in [0.05, 0.1) is 0 Å². The summed E-state index contributed by atoms with van der Waals surface area (Å²) in [5.74, 6) is 4.14. The summed E-state index contributed by atoms with van der Waals surface area (Å²) in [6, 6.07) is 12.3. The Morgan fingerprint density at radius 1 is 0.766 bits per heavy atom. The van der Waals surface area contributed by atoms with Gasteiger partial charge in [0.1, 0.15) is 0 Å². The molecule has 12 heterocycles. The second kappa shape index (κ2) is 4.21. The summed E-state index contributed by atoms with van der Waals surface area (Å²) < 4.78 is 1.57. The molecular formula is C40H46FeN4P2. The van der Waals surface area contributed by atoms with E-state index < -0.39 is 6.51 Å². The Labute approximate surface area is 272 Å². The normalized spacial score (nSPS) is 66.8. The SMILES string of the molecule is CC(C)(C)P(C[C]12[CH]3[C]4(c5ccccc5)[CH]5[C]1(C(P)(c1cnccn1)c1cnccn1)[Fe]35421678[CH]2[CH]1[CH]6[CH]7[CH]28)C1C2CC3CC(C2)CC1C3. The van der Waals surface area contributed by atoms with E-state index in [0.29, 0.717) is 18.1 Å². The zero-order valence-electron chi connectivity index (χ0n) is 27.7. The molecular weight excluding hydrogens is 654 g/mol. The van der Waals surface area contributed by atoms with Crippen molar-refractivity contribution in [2.75, 3.05) is 6.16 Å². The molecule has 1 spiro atoms. The second-order valence-electron chi connectivity index (χ2n) is 22.1. The molecule has 2 aromatic heterocycles. The molecule has 4 nitrogen and oxygen atoms in total. The number of hydrogen-bond acceptors (Lipinski definition) is 4. The number of hydrogen-bond donors (Lipinski definition) is 0. The monoisotopic (exact) mass is 700 g/mol. The summed E-state index contributed by atoms with van der Waals surface area (Å²) in [5, 5.41) is 0.130. The van der Waals surface area contributed by atoms with Crippen LogP contribution in [0, 0.1) is 23.7 Å². The van der Waals surface area contributed by atoms with Gasteiger partial charge in [0.15, 0.2) is 0 Å². The molecule has 10 aliphatic heterocycles. The Kier molecular flexibility index (Phi) is 2.22. The van der Waals surface area contributed by atoms with Gasteiger partial charge in [0.2, 0.25) is 0 Å². The molecule has 17 rings (SSSR count). The van der Waals surface area contributed by atoms with E-state index in [2.05, 4.69) is 72.7 Å². The molecule has 7 atom stereocenters. The third kappa shape index (κ3) is 0.739. The minimum absolute atomic E-state index is 0.112. The van der Waals surface area contributed by atoms with Crippen molar-refractivity contribution < 1.29 is 6.51 Å². The fourth-order valence-electron chi connectivity index (χ4n) is 27.4. The number of nitrogens with zero attached hydrogens (tertiary/aromatic N) is 4. The van der Waals surface area contributed by atoms with E-state index in [1.165, 1.54) is 11.4 Å². The van der Waals surface area contributed by atoms with E-state index in [9.17, 15) is 0 Å². The summed E-state index contributed by atoms with van der Waals surface area (Å²) in [4.78, 5) is 27.9. The molecule has 0 amide bonds. The summed E-state index contributed by atoms with van der Waals surface area (Å²) in [7, 11) is 3.52. The first-order chi connectivity index (χ1) is 22.5. The van der Waals surface area contributed by atoms with Crippen LogP contribution in [0.15, 0.2) is 67.5 Å². The number of rotatable bonds is 7. The Hall–Kier alpha value is -1.24. The maximum absolute atomic E-state index is 5.30. The van der Waals surface area contributed by atoms with Crippen LogP contribution in [0.4, 0.5) is 0 Å². The molecule has 0 N–H and O–H groups in total. The van der Waals surface area contributed by atoms with Crippen molar-refractivity contribution in [3.8, 4) is 0 Å². The van der Waals surface area contributed by atoms with Gasteiger partial charge in [-0.25, -0.2) is 0 Å². The van der Waals surface area contributed by atoms with Gasteiger partial charge in [0, 0.05) is 0 Å². The van der Waals surface area contributed by atoms with Crippen LogP contribution < -0.4 is 0 Å². The van der Waals surface area contributed by atoms with Gasteiger partial charge in [0.25, 0.3) is 0 Å². The zero-order chi connectivity index (χ0) is 30.9. The first kappa shape index (κ1) is 24.8. The zero-order valence-corrected chi connectivity index (χ0v) is 30.8. The van der Waals surface area contributed by atoms with Crippen LogP contribution in [-0.2, 0) is 16.0 Å². The summed E-state index contributed by atoms with van der Waals surface area (Å²) >= 11 is 0. The molecule has 47 heavy (non-hydrogen) atoms. The summed E-state index contributed by atoms with van der Waals surface area (Å²) in [6.07, 6.45) is 21.5. The topological polar surface area (TPSA) is 51.6 Å². The Morgan fingerprint density at radius 3 is 1.79 bits per heavy atom. The molecule has 4 saturated carbocycles. The Balaban J connectivity index is 1.01. The Bertz CT molecular complexity index is 2370. The van der Waals surface area contributed by atoms with E-state index in [4.69, 9.17) is 19.9 Å². The van der Waals surface area contributed by atoms with E-state index in [0.717, 1.165) is 63.0 Å². The van der Waals surface area contributed by atoms with Gasteiger partial charge in [-0.05, 0) is 0 Å². The van der Waals surface area contributed by atoms with Crippen LogP contribution >= 0.6 is 17.2 Å². The van der Waals surface area contributed by atoms with Crippen LogP contribution in [0.1, 0.15) is 69.8 Å². The van der Waals surface area contributed by atoms with Crippen LogP contribution in [-0.4, -0.2) is 36.9 Å². The molecule has 10 saturated heterocycles. The molecule has 244 valence electrons. The number of aromatic nitrogens is 4. The van der Waals surface area contributed by atoms with Gasteiger partial charge in [-0.3, -0.25) is 0 Å². The number of fused-ring (bicyclic) bond motifs is 10. The van der Waals surface area contributed by atoms with Crippen LogP contribution in [0.2, 0.25) is 42.3 Å². The minimum atomic E-state index is -4.44. The second-order valence-corrected chi connectivity index (χ2v) is 49.1. The molecule has 7 heteroatoms. The summed E-state index contributed by atoms with van der Waals surface area (Å²) in [5.41, 5.74) is 5.20. The average Bonchev–Trinajstić information content (AvgIpc) is 4.03. The molecule has 0 radical (unpaired) electrons. The fraction of sp³-hybridized carbons (Fsp3) is 0.650. The fourth-order valence-corrected chi connectivity index (χ4v) is 117. The van der Waals surface area contributed by atoms with Crippen molar-refractivity contribution in [1.29, 1.82) is 0 Å². The van der Waals surface area contributed by atoms with Crippen LogP contribution in [0.5, 0.6) is 0 Å². The van der Waals surface area contributed by atoms with Gasteiger partial charge < -0.3 is 0 Å². The Morgan fingerprint density at radius 2 is 1.32 bits per heavy atom. The van der Waals surface area contributed by atoms with E-state index >= 15 is 0 Å². The van der Waals surface area contributed by atoms with Crippen molar-refractivity contribution in [3.63, 3.8) is 0 Å². The van der Waals surface area contributed by atoms with E-state index in [1.54, 1.807) is 38.3 Å². The van der Waals surface area contributed by atoms with Crippen molar-refractivity contribution in [1.82, 2.24) is 19.9 Å². The van der Waals surface area contributed by atoms with Crippen LogP contribution in [0.25, 0.3) is 0 Å². The van der Waals surface area contributed by atoms with E-state index in [-0.39, 0.29) is 13.1 Å². The van der Waals surface area contributed by atoms with Gasteiger partial charge in [-0.1, -0.05) is 0 Å². The predicted molar refractivity (Wildman–Crippen MR) is 187 cm³/mol. The van der Waals surface area contributed by atoms with Crippen molar-refractivity contribution >= 4 is 17.2 Å². The van der Waals surface area contributed by atoms with E-state index in [1.807, 2.05) is 30.4 Å². The average molecular weight is 701 g/mol.